The maximum Gasteiger partial charge on any atom is 0.107 e. The number of ether oxygens (including phenoxy) is 2. The predicted octanol–water partition coefficient (Wildman–Crippen LogP) is -0.0316. The van der Waals surface area contributed by atoms with Gasteiger partial charge in [-0.3, -0.25) is 4.90 Å². The van der Waals surface area contributed by atoms with Crippen molar-refractivity contribution in [2.75, 3.05) is 46.1 Å². The highest BCUT2D eigenvalue weighted by molar-refractivity contribution is 4.82. The molecule has 0 radical (unpaired) electrons. The van der Waals surface area contributed by atoms with Gasteiger partial charge in [-0.1, -0.05) is 5.92 Å². The zero-order valence-electron chi connectivity index (χ0n) is 7.29. The SMILES string of the molecule is C#CCOCCN1CCOCC1. The van der Waals surface area contributed by atoms with Crippen molar-refractivity contribution in [3.8, 4) is 12.3 Å². The fraction of sp³-hybridized carbons (Fsp3) is 0.778. The predicted molar refractivity (Wildman–Crippen MR) is 46.9 cm³/mol. The molecular formula is C9H15NO2. The van der Waals surface area contributed by atoms with Crippen molar-refractivity contribution in [1.82, 2.24) is 4.90 Å². The van der Waals surface area contributed by atoms with Crippen molar-refractivity contribution in [3.05, 3.63) is 0 Å². The van der Waals surface area contributed by atoms with Crippen LogP contribution in [0.1, 0.15) is 0 Å². The largest absolute Gasteiger partial charge is 0.379 e. The first kappa shape index (κ1) is 9.53. The van der Waals surface area contributed by atoms with Gasteiger partial charge in [-0.15, -0.1) is 6.42 Å². The average molecular weight is 169 g/mol. The van der Waals surface area contributed by atoms with E-state index in [0.717, 1.165) is 39.5 Å². The van der Waals surface area contributed by atoms with Crippen LogP contribution in [0.4, 0.5) is 0 Å². The summed E-state index contributed by atoms with van der Waals surface area (Å²) in [5.41, 5.74) is 0. The maximum atomic E-state index is 5.21. The Morgan fingerprint density at radius 3 is 2.83 bits per heavy atom. The van der Waals surface area contributed by atoms with E-state index in [1.807, 2.05) is 0 Å². The molecule has 1 saturated heterocycles. The lowest BCUT2D eigenvalue weighted by Crippen LogP contribution is -2.38. The van der Waals surface area contributed by atoms with Crippen LogP contribution in [0.25, 0.3) is 0 Å². The summed E-state index contributed by atoms with van der Waals surface area (Å²) in [6.45, 7) is 5.82. The van der Waals surface area contributed by atoms with E-state index in [2.05, 4.69) is 10.8 Å². The van der Waals surface area contributed by atoms with Gasteiger partial charge in [-0.2, -0.15) is 0 Å². The van der Waals surface area contributed by atoms with Crippen LogP contribution in [-0.4, -0.2) is 51.0 Å². The van der Waals surface area contributed by atoms with Crippen LogP contribution in [0.15, 0.2) is 0 Å². The van der Waals surface area contributed by atoms with Crippen LogP contribution in [0.3, 0.4) is 0 Å². The lowest BCUT2D eigenvalue weighted by Gasteiger charge is -2.26. The van der Waals surface area contributed by atoms with E-state index >= 15 is 0 Å². The summed E-state index contributed by atoms with van der Waals surface area (Å²) in [5.74, 6) is 2.44. The van der Waals surface area contributed by atoms with Crippen molar-refractivity contribution in [2.24, 2.45) is 0 Å². The molecule has 0 atom stereocenters. The van der Waals surface area contributed by atoms with Crippen molar-refractivity contribution in [1.29, 1.82) is 0 Å². The normalized spacial score (nSPS) is 18.9. The molecule has 12 heavy (non-hydrogen) atoms. The molecule has 1 heterocycles. The van der Waals surface area contributed by atoms with E-state index in [4.69, 9.17) is 15.9 Å². The second kappa shape index (κ2) is 6.01. The highest BCUT2D eigenvalue weighted by atomic mass is 16.5. The third-order valence-corrected chi connectivity index (χ3v) is 1.84. The van der Waals surface area contributed by atoms with Gasteiger partial charge in [-0.25, -0.2) is 0 Å². The van der Waals surface area contributed by atoms with Crippen molar-refractivity contribution in [3.63, 3.8) is 0 Å². The van der Waals surface area contributed by atoms with Crippen LogP contribution in [0.2, 0.25) is 0 Å². The van der Waals surface area contributed by atoms with Crippen molar-refractivity contribution in [2.45, 2.75) is 0 Å². The van der Waals surface area contributed by atoms with Gasteiger partial charge in [0.2, 0.25) is 0 Å². The Kier molecular flexibility index (Phi) is 4.77. The Morgan fingerprint density at radius 1 is 1.42 bits per heavy atom. The first-order valence-electron chi connectivity index (χ1n) is 4.25. The topological polar surface area (TPSA) is 21.7 Å². The minimum absolute atomic E-state index is 0.421. The highest BCUT2D eigenvalue weighted by Gasteiger charge is 2.08. The first-order chi connectivity index (χ1) is 5.93. The second-order valence-electron chi connectivity index (χ2n) is 2.71. The summed E-state index contributed by atoms with van der Waals surface area (Å²) < 4.78 is 10.4. The molecule has 0 aromatic rings. The standard InChI is InChI=1S/C9H15NO2/c1-2-6-11-7-3-10-4-8-12-9-5-10/h1H,3-9H2. The van der Waals surface area contributed by atoms with Crippen LogP contribution in [0.5, 0.6) is 0 Å². The summed E-state index contributed by atoms with van der Waals surface area (Å²) in [6.07, 6.45) is 5.04. The Hall–Kier alpha value is -0.560. The van der Waals surface area contributed by atoms with Crippen molar-refractivity contribution >= 4 is 0 Å². The highest BCUT2D eigenvalue weighted by Crippen LogP contribution is 1.95. The van der Waals surface area contributed by atoms with E-state index in [1.165, 1.54) is 0 Å². The van der Waals surface area contributed by atoms with Gasteiger partial charge in [0.1, 0.15) is 6.61 Å². The number of hydrogen-bond acceptors (Lipinski definition) is 3. The van der Waals surface area contributed by atoms with E-state index in [0.29, 0.717) is 6.61 Å². The molecule has 1 aliphatic heterocycles. The zero-order chi connectivity index (χ0) is 8.65. The van der Waals surface area contributed by atoms with Gasteiger partial charge < -0.3 is 9.47 Å². The molecular weight excluding hydrogens is 154 g/mol. The molecule has 0 saturated carbocycles. The molecule has 1 rings (SSSR count). The fourth-order valence-electron chi connectivity index (χ4n) is 1.15. The monoisotopic (exact) mass is 169 g/mol. The van der Waals surface area contributed by atoms with E-state index in [1.54, 1.807) is 0 Å². The number of terminal acetylenes is 1. The van der Waals surface area contributed by atoms with Gasteiger partial charge in [0.05, 0.1) is 19.8 Å². The first-order valence-corrected chi connectivity index (χ1v) is 4.25. The number of morpholine rings is 1. The zero-order valence-corrected chi connectivity index (χ0v) is 7.29. The molecule has 0 spiro atoms. The Balaban J connectivity index is 1.95. The third-order valence-electron chi connectivity index (χ3n) is 1.84. The van der Waals surface area contributed by atoms with Crippen LogP contribution >= 0.6 is 0 Å². The van der Waals surface area contributed by atoms with Gasteiger partial charge >= 0.3 is 0 Å². The molecule has 0 unspecified atom stereocenters. The van der Waals surface area contributed by atoms with Crippen LogP contribution < -0.4 is 0 Å². The summed E-state index contributed by atoms with van der Waals surface area (Å²) in [5, 5.41) is 0. The molecule has 1 fully saturated rings. The van der Waals surface area contributed by atoms with Gasteiger partial charge in [0.15, 0.2) is 0 Å². The maximum absolute atomic E-state index is 5.21. The summed E-state index contributed by atoms with van der Waals surface area (Å²) in [7, 11) is 0. The minimum atomic E-state index is 0.421. The number of hydrogen-bond donors (Lipinski definition) is 0. The van der Waals surface area contributed by atoms with E-state index in [-0.39, 0.29) is 0 Å². The molecule has 3 nitrogen and oxygen atoms in total. The minimum Gasteiger partial charge on any atom is -0.379 e. The molecule has 0 aromatic carbocycles. The van der Waals surface area contributed by atoms with Crippen LogP contribution in [0, 0.1) is 12.3 Å². The number of nitrogens with zero attached hydrogens (tertiary/aromatic N) is 1. The molecule has 1 aliphatic rings. The summed E-state index contributed by atoms with van der Waals surface area (Å²) in [4.78, 5) is 2.32. The lowest BCUT2D eigenvalue weighted by molar-refractivity contribution is 0.0238. The average Bonchev–Trinajstić information content (AvgIpc) is 2.14. The van der Waals surface area contributed by atoms with Gasteiger partial charge in [-0.05, 0) is 0 Å². The third kappa shape index (κ3) is 3.72. The van der Waals surface area contributed by atoms with Crippen LogP contribution in [-0.2, 0) is 9.47 Å². The molecule has 68 valence electrons. The van der Waals surface area contributed by atoms with E-state index < -0.39 is 0 Å². The molecule has 0 N–H and O–H groups in total. The molecule has 0 aliphatic carbocycles. The van der Waals surface area contributed by atoms with Gasteiger partial charge in [0.25, 0.3) is 0 Å². The number of rotatable bonds is 4. The van der Waals surface area contributed by atoms with Crippen molar-refractivity contribution < 1.29 is 9.47 Å². The Labute approximate surface area is 73.6 Å². The molecule has 0 amide bonds. The fourth-order valence-corrected chi connectivity index (χ4v) is 1.15. The molecule has 0 bridgehead atoms. The molecule has 3 heteroatoms. The second-order valence-corrected chi connectivity index (χ2v) is 2.71. The Bertz CT molecular complexity index is 147. The van der Waals surface area contributed by atoms with E-state index in [9.17, 15) is 0 Å². The quantitative estimate of drug-likeness (QED) is 0.436. The van der Waals surface area contributed by atoms with Gasteiger partial charge in [0, 0.05) is 19.6 Å². The lowest BCUT2D eigenvalue weighted by atomic mass is 10.4. The molecule has 0 aromatic heterocycles. The smallest absolute Gasteiger partial charge is 0.107 e. The summed E-state index contributed by atoms with van der Waals surface area (Å²) >= 11 is 0. The summed E-state index contributed by atoms with van der Waals surface area (Å²) in [6, 6.07) is 0. The Morgan fingerprint density at radius 2 is 2.17 bits per heavy atom.